The highest BCUT2D eigenvalue weighted by Gasteiger charge is 2.32. The predicted molar refractivity (Wildman–Crippen MR) is 101 cm³/mol. The summed E-state index contributed by atoms with van der Waals surface area (Å²) in [6.07, 6.45) is 6.13. The summed E-state index contributed by atoms with van der Waals surface area (Å²) in [4.78, 5) is 19.0. The first-order chi connectivity index (χ1) is 13.0. The van der Waals surface area contributed by atoms with Crippen LogP contribution < -0.4 is 0 Å². The summed E-state index contributed by atoms with van der Waals surface area (Å²) in [7, 11) is -3.20. The van der Waals surface area contributed by atoms with Crippen molar-refractivity contribution in [2.24, 2.45) is 5.92 Å². The van der Waals surface area contributed by atoms with E-state index in [-0.39, 0.29) is 17.6 Å². The monoisotopic (exact) mass is 391 g/mol. The van der Waals surface area contributed by atoms with Crippen molar-refractivity contribution in [3.05, 3.63) is 54.2 Å². The summed E-state index contributed by atoms with van der Waals surface area (Å²) in [5, 5.41) is 0. The fourth-order valence-electron chi connectivity index (χ4n) is 3.34. The SMILES string of the molecule is CCS(=O)(=O)N1CCC(C(=O)N(Cc2cccnc2)Cc2ccco2)CC1. The zero-order valence-corrected chi connectivity index (χ0v) is 16.3. The van der Waals surface area contributed by atoms with Crippen molar-refractivity contribution in [2.75, 3.05) is 18.8 Å². The molecule has 0 N–H and O–H groups in total. The van der Waals surface area contributed by atoms with E-state index in [0.29, 0.717) is 39.0 Å². The first kappa shape index (κ1) is 19.6. The summed E-state index contributed by atoms with van der Waals surface area (Å²) in [5.41, 5.74) is 0.948. The highest BCUT2D eigenvalue weighted by Crippen LogP contribution is 2.24. The van der Waals surface area contributed by atoms with Gasteiger partial charge in [-0.05, 0) is 43.5 Å². The van der Waals surface area contributed by atoms with Gasteiger partial charge in [0.15, 0.2) is 0 Å². The van der Waals surface area contributed by atoms with Crippen LogP contribution in [0.15, 0.2) is 47.3 Å². The lowest BCUT2D eigenvalue weighted by atomic mass is 9.96. The molecule has 1 amide bonds. The Bertz CT molecular complexity index is 829. The van der Waals surface area contributed by atoms with Crippen LogP contribution in [0.5, 0.6) is 0 Å². The summed E-state index contributed by atoms with van der Waals surface area (Å²) >= 11 is 0. The normalized spacial score (nSPS) is 16.3. The topological polar surface area (TPSA) is 83.7 Å². The number of aromatic nitrogens is 1. The lowest BCUT2D eigenvalue weighted by Gasteiger charge is -2.33. The van der Waals surface area contributed by atoms with Crippen LogP contribution in [-0.2, 0) is 27.9 Å². The molecule has 1 aliphatic rings. The molecule has 0 saturated carbocycles. The molecule has 1 saturated heterocycles. The number of hydrogen-bond acceptors (Lipinski definition) is 5. The van der Waals surface area contributed by atoms with Crippen molar-refractivity contribution in [1.82, 2.24) is 14.2 Å². The molecule has 0 unspecified atom stereocenters. The Labute approximate surface area is 160 Å². The van der Waals surface area contributed by atoms with E-state index in [0.717, 1.165) is 11.3 Å². The average molecular weight is 391 g/mol. The zero-order valence-electron chi connectivity index (χ0n) is 15.5. The second kappa shape index (κ2) is 8.67. The van der Waals surface area contributed by atoms with Gasteiger partial charge in [-0.3, -0.25) is 9.78 Å². The zero-order chi connectivity index (χ0) is 19.3. The lowest BCUT2D eigenvalue weighted by molar-refractivity contribution is -0.138. The van der Waals surface area contributed by atoms with Gasteiger partial charge in [0.25, 0.3) is 0 Å². The molecular weight excluding hydrogens is 366 g/mol. The van der Waals surface area contributed by atoms with Crippen molar-refractivity contribution in [3.63, 3.8) is 0 Å². The second-order valence-corrected chi connectivity index (χ2v) is 8.97. The van der Waals surface area contributed by atoms with Crippen LogP contribution in [0.3, 0.4) is 0 Å². The van der Waals surface area contributed by atoms with E-state index in [1.807, 2.05) is 18.2 Å². The van der Waals surface area contributed by atoms with Crippen LogP contribution in [0.25, 0.3) is 0 Å². The van der Waals surface area contributed by atoms with Gasteiger partial charge in [-0.2, -0.15) is 0 Å². The van der Waals surface area contributed by atoms with E-state index in [1.54, 1.807) is 36.5 Å². The Morgan fingerprint density at radius 3 is 2.63 bits per heavy atom. The van der Waals surface area contributed by atoms with E-state index in [1.165, 1.54) is 4.31 Å². The van der Waals surface area contributed by atoms with Gasteiger partial charge < -0.3 is 9.32 Å². The van der Waals surface area contributed by atoms with E-state index in [2.05, 4.69) is 4.98 Å². The number of piperidine rings is 1. The van der Waals surface area contributed by atoms with Crippen molar-refractivity contribution in [1.29, 1.82) is 0 Å². The van der Waals surface area contributed by atoms with Crippen LogP contribution in [0.4, 0.5) is 0 Å². The molecule has 0 bridgehead atoms. The number of hydrogen-bond donors (Lipinski definition) is 0. The van der Waals surface area contributed by atoms with Gasteiger partial charge >= 0.3 is 0 Å². The number of sulfonamides is 1. The molecular formula is C19H25N3O4S. The lowest BCUT2D eigenvalue weighted by Crippen LogP contribution is -2.44. The van der Waals surface area contributed by atoms with Gasteiger partial charge in [-0.25, -0.2) is 12.7 Å². The molecule has 1 aliphatic heterocycles. The van der Waals surface area contributed by atoms with Gasteiger partial charge in [-0.1, -0.05) is 6.07 Å². The van der Waals surface area contributed by atoms with Crippen molar-refractivity contribution < 1.29 is 17.6 Å². The van der Waals surface area contributed by atoms with Crippen LogP contribution >= 0.6 is 0 Å². The van der Waals surface area contributed by atoms with Crippen molar-refractivity contribution in [3.8, 4) is 0 Å². The smallest absolute Gasteiger partial charge is 0.226 e. The molecule has 0 aromatic carbocycles. The highest BCUT2D eigenvalue weighted by atomic mass is 32.2. The molecule has 27 heavy (non-hydrogen) atoms. The second-order valence-electron chi connectivity index (χ2n) is 6.71. The number of carbonyl (C=O) groups is 1. The Balaban J connectivity index is 1.69. The minimum atomic E-state index is -3.20. The maximum Gasteiger partial charge on any atom is 0.226 e. The summed E-state index contributed by atoms with van der Waals surface area (Å²) < 4.78 is 31.0. The third-order valence-corrected chi connectivity index (χ3v) is 6.78. The molecule has 2 aromatic heterocycles. The van der Waals surface area contributed by atoms with E-state index in [9.17, 15) is 13.2 Å². The molecule has 3 heterocycles. The van der Waals surface area contributed by atoms with Crippen LogP contribution in [0.2, 0.25) is 0 Å². The molecule has 8 heteroatoms. The van der Waals surface area contributed by atoms with Gasteiger partial charge in [0.05, 0.1) is 18.6 Å². The fraction of sp³-hybridized carbons (Fsp3) is 0.474. The molecule has 0 aliphatic carbocycles. The maximum atomic E-state index is 13.2. The number of amides is 1. The van der Waals surface area contributed by atoms with Crippen LogP contribution in [0, 0.1) is 5.92 Å². The molecule has 0 atom stereocenters. The van der Waals surface area contributed by atoms with Gasteiger partial charge in [0.1, 0.15) is 5.76 Å². The predicted octanol–water partition coefficient (Wildman–Crippen LogP) is 2.27. The Kier molecular flexibility index (Phi) is 6.28. The quantitative estimate of drug-likeness (QED) is 0.723. The molecule has 7 nitrogen and oxygen atoms in total. The maximum absolute atomic E-state index is 13.2. The average Bonchev–Trinajstić information content (AvgIpc) is 3.21. The van der Waals surface area contributed by atoms with Crippen molar-refractivity contribution >= 4 is 15.9 Å². The minimum Gasteiger partial charge on any atom is -0.467 e. The fourth-order valence-corrected chi connectivity index (χ4v) is 4.47. The Hall–Kier alpha value is -2.19. The minimum absolute atomic E-state index is 0.0313. The number of rotatable bonds is 7. The van der Waals surface area contributed by atoms with Gasteiger partial charge in [0.2, 0.25) is 15.9 Å². The third-order valence-electron chi connectivity index (χ3n) is 4.90. The number of nitrogens with zero attached hydrogens (tertiary/aromatic N) is 3. The van der Waals surface area contributed by atoms with Crippen molar-refractivity contribution in [2.45, 2.75) is 32.9 Å². The van der Waals surface area contributed by atoms with E-state index in [4.69, 9.17) is 4.42 Å². The van der Waals surface area contributed by atoms with E-state index < -0.39 is 10.0 Å². The molecule has 0 radical (unpaired) electrons. The van der Waals surface area contributed by atoms with E-state index >= 15 is 0 Å². The number of carbonyl (C=O) groups excluding carboxylic acids is 1. The molecule has 1 fully saturated rings. The summed E-state index contributed by atoms with van der Waals surface area (Å²) in [5.74, 6) is 0.666. The molecule has 3 rings (SSSR count). The van der Waals surface area contributed by atoms with Crippen LogP contribution in [-0.4, -0.2) is 47.4 Å². The highest BCUT2D eigenvalue weighted by molar-refractivity contribution is 7.89. The van der Waals surface area contributed by atoms with Gasteiger partial charge in [-0.15, -0.1) is 0 Å². The number of pyridine rings is 1. The standard InChI is InChI=1S/C19H25N3O4S/c1-2-27(24,25)22-10-7-17(8-11-22)19(23)21(15-18-6-4-12-26-18)14-16-5-3-9-20-13-16/h3-6,9,12-13,17H,2,7-8,10-11,14-15H2,1H3. The third kappa shape index (κ3) is 4.95. The summed E-state index contributed by atoms with van der Waals surface area (Å²) in [6, 6.07) is 7.43. The first-order valence-electron chi connectivity index (χ1n) is 9.17. The molecule has 0 spiro atoms. The number of furan rings is 1. The Morgan fingerprint density at radius 1 is 1.26 bits per heavy atom. The summed E-state index contributed by atoms with van der Waals surface area (Å²) in [6.45, 7) is 3.27. The largest absolute Gasteiger partial charge is 0.467 e. The molecule has 2 aromatic rings. The molecule has 146 valence electrons. The van der Waals surface area contributed by atoms with Gasteiger partial charge in [0, 0.05) is 37.9 Å². The van der Waals surface area contributed by atoms with Crippen LogP contribution in [0.1, 0.15) is 31.1 Å². The first-order valence-corrected chi connectivity index (χ1v) is 10.8. The Morgan fingerprint density at radius 2 is 2.04 bits per heavy atom.